The summed E-state index contributed by atoms with van der Waals surface area (Å²) in [7, 11) is 0. The third-order valence-electron chi connectivity index (χ3n) is 2.76. The summed E-state index contributed by atoms with van der Waals surface area (Å²) < 4.78 is 5.03. The number of Topliss-reactive ketones (excluding diaryl/α,β-unsaturated/α-hetero) is 1. The van der Waals surface area contributed by atoms with E-state index in [0.717, 1.165) is 0 Å². The molecule has 0 saturated heterocycles. The van der Waals surface area contributed by atoms with Gasteiger partial charge in [0.15, 0.2) is 5.78 Å². The first-order chi connectivity index (χ1) is 10.7. The van der Waals surface area contributed by atoms with Crippen LogP contribution in [0.25, 0.3) is 0 Å². The summed E-state index contributed by atoms with van der Waals surface area (Å²) >= 11 is 0. The van der Waals surface area contributed by atoms with Crippen LogP contribution < -0.4 is 10.6 Å². The fourth-order valence-electron chi connectivity index (χ4n) is 1.54. The summed E-state index contributed by atoms with van der Waals surface area (Å²) in [5.74, 6) is -2.18. The number of hydrogen-bond acceptors (Lipinski definition) is 6. The van der Waals surface area contributed by atoms with Crippen LogP contribution in [-0.2, 0) is 23.9 Å². The molecule has 8 nitrogen and oxygen atoms in total. The van der Waals surface area contributed by atoms with E-state index in [-0.39, 0.29) is 37.3 Å². The molecule has 1 atom stereocenters. The summed E-state index contributed by atoms with van der Waals surface area (Å²) in [6, 6.07) is -0.996. The first-order valence-corrected chi connectivity index (χ1v) is 7.48. The van der Waals surface area contributed by atoms with Crippen LogP contribution in [-0.4, -0.2) is 48.5 Å². The number of esters is 1. The lowest BCUT2D eigenvalue weighted by molar-refractivity contribution is -0.151. The summed E-state index contributed by atoms with van der Waals surface area (Å²) in [6.45, 7) is 6.46. The minimum atomic E-state index is -0.996. The number of hydrogen-bond donors (Lipinski definition) is 3. The van der Waals surface area contributed by atoms with Crippen molar-refractivity contribution >= 4 is 29.8 Å². The average molecular weight is 327 g/mol. The summed E-state index contributed by atoms with van der Waals surface area (Å²) in [5.41, 5.74) is 0. The van der Waals surface area contributed by atoms with Crippen LogP contribution in [0.3, 0.4) is 0 Å². The van der Waals surface area contributed by atoms with Crippen molar-refractivity contribution in [2.45, 2.75) is 52.7 Å². The zero-order valence-electron chi connectivity index (χ0n) is 14.0. The number of carbonyl (C=O) groups excluding carboxylic acids is 4. The average Bonchev–Trinajstić information content (AvgIpc) is 2.47. The molecule has 0 fully saturated rings. The van der Waals surface area contributed by atoms with Gasteiger partial charge >= 0.3 is 5.97 Å². The van der Waals surface area contributed by atoms with Gasteiger partial charge in [0, 0.05) is 12.3 Å². The molecule has 0 saturated carbocycles. The molecule has 0 aromatic carbocycles. The minimum absolute atomic E-state index is 0.0314. The highest BCUT2D eigenvalue weighted by atomic mass is 16.5. The van der Waals surface area contributed by atoms with Gasteiger partial charge in [-0.1, -0.05) is 13.8 Å². The lowest BCUT2D eigenvalue weighted by Crippen LogP contribution is -2.47. The van der Waals surface area contributed by atoms with Crippen LogP contribution in [0.2, 0.25) is 0 Å². The smallest absolute Gasteiger partial charge is 0.328 e. The second kappa shape index (κ2) is 10.5. The predicted octanol–water partition coefficient (Wildman–Crippen LogP) is 0.194. The van der Waals surface area contributed by atoms with Gasteiger partial charge in [-0.2, -0.15) is 0 Å². The SMILES string of the molecule is CC(C)OC(=O)C(CCC(=O)C=N)NC(=O)CNC(=O)C(C)C. The predicted molar refractivity (Wildman–Crippen MR) is 84.0 cm³/mol. The number of carbonyl (C=O) groups is 4. The lowest BCUT2D eigenvalue weighted by atomic mass is 10.1. The highest BCUT2D eigenvalue weighted by molar-refractivity contribution is 6.26. The van der Waals surface area contributed by atoms with Gasteiger partial charge in [0.05, 0.1) is 18.9 Å². The summed E-state index contributed by atoms with van der Waals surface area (Å²) in [4.78, 5) is 46.4. The van der Waals surface area contributed by atoms with E-state index >= 15 is 0 Å². The molecule has 23 heavy (non-hydrogen) atoms. The molecule has 0 aromatic heterocycles. The van der Waals surface area contributed by atoms with E-state index in [1.54, 1.807) is 27.7 Å². The topological polar surface area (TPSA) is 125 Å². The second-order valence-electron chi connectivity index (χ2n) is 5.63. The van der Waals surface area contributed by atoms with Crippen LogP contribution in [0.1, 0.15) is 40.5 Å². The molecule has 130 valence electrons. The number of ketones is 1. The summed E-state index contributed by atoms with van der Waals surface area (Å²) in [6.07, 6.45) is 0.278. The van der Waals surface area contributed by atoms with Gasteiger partial charge in [-0.3, -0.25) is 14.4 Å². The Morgan fingerprint density at radius 1 is 1.13 bits per heavy atom. The van der Waals surface area contributed by atoms with E-state index < -0.39 is 23.7 Å². The molecular weight excluding hydrogens is 302 g/mol. The molecular formula is C15H25N3O5. The molecule has 2 amide bonds. The van der Waals surface area contributed by atoms with Crippen molar-refractivity contribution in [1.29, 1.82) is 5.41 Å². The van der Waals surface area contributed by atoms with Gasteiger partial charge in [0.2, 0.25) is 11.8 Å². The minimum Gasteiger partial charge on any atom is -0.461 e. The standard InChI is InChI=1S/C15H25N3O5/c1-9(2)14(21)17-8-13(20)18-12(6-5-11(19)7-16)15(22)23-10(3)4/h7,9-10,12,16H,5-6,8H2,1-4H3,(H,17,21)(H,18,20). The van der Waals surface area contributed by atoms with Gasteiger partial charge in [-0.25, -0.2) is 4.79 Å². The van der Waals surface area contributed by atoms with E-state index in [4.69, 9.17) is 10.1 Å². The molecule has 3 N–H and O–H groups in total. The largest absolute Gasteiger partial charge is 0.461 e. The van der Waals surface area contributed by atoms with Crippen molar-refractivity contribution in [3.63, 3.8) is 0 Å². The van der Waals surface area contributed by atoms with Crippen molar-refractivity contribution < 1.29 is 23.9 Å². The van der Waals surface area contributed by atoms with Gasteiger partial charge in [0.25, 0.3) is 0 Å². The van der Waals surface area contributed by atoms with Crippen molar-refractivity contribution in [2.24, 2.45) is 5.92 Å². The Balaban J connectivity index is 4.62. The quantitative estimate of drug-likeness (QED) is 0.390. The molecule has 1 unspecified atom stereocenters. The molecule has 0 bridgehead atoms. The molecule has 8 heteroatoms. The van der Waals surface area contributed by atoms with E-state index in [0.29, 0.717) is 6.21 Å². The Bertz CT molecular complexity index is 460. The molecule has 0 aliphatic heterocycles. The Labute approximate surface area is 135 Å². The van der Waals surface area contributed by atoms with Crippen LogP contribution in [0.4, 0.5) is 0 Å². The van der Waals surface area contributed by atoms with E-state index in [9.17, 15) is 19.2 Å². The molecule has 0 radical (unpaired) electrons. The monoisotopic (exact) mass is 327 g/mol. The molecule has 0 heterocycles. The zero-order valence-corrected chi connectivity index (χ0v) is 14.0. The number of nitrogens with one attached hydrogen (secondary N) is 3. The Morgan fingerprint density at radius 2 is 1.74 bits per heavy atom. The Hall–Kier alpha value is -2.25. The zero-order chi connectivity index (χ0) is 18.0. The maximum Gasteiger partial charge on any atom is 0.328 e. The number of ether oxygens (including phenoxy) is 1. The van der Waals surface area contributed by atoms with E-state index in [2.05, 4.69) is 10.6 Å². The molecule has 0 spiro atoms. The maximum atomic E-state index is 11.9. The first kappa shape index (κ1) is 20.8. The van der Waals surface area contributed by atoms with Gasteiger partial charge in [0.1, 0.15) is 6.04 Å². The fraction of sp³-hybridized carbons (Fsp3) is 0.667. The lowest BCUT2D eigenvalue weighted by Gasteiger charge is -2.19. The molecule has 0 aliphatic carbocycles. The first-order valence-electron chi connectivity index (χ1n) is 7.48. The third-order valence-corrected chi connectivity index (χ3v) is 2.76. The molecule has 0 rings (SSSR count). The van der Waals surface area contributed by atoms with Gasteiger partial charge in [-0.05, 0) is 20.3 Å². The van der Waals surface area contributed by atoms with Crippen molar-refractivity contribution in [3.8, 4) is 0 Å². The highest BCUT2D eigenvalue weighted by Gasteiger charge is 2.24. The third kappa shape index (κ3) is 9.38. The molecule has 0 aliphatic rings. The fourth-order valence-corrected chi connectivity index (χ4v) is 1.54. The van der Waals surface area contributed by atoms with E-state index in [1.165, 1.54) is 0 Å². The van der Waals surface area contributed by atoms with Gasteiger partial charge < -0.3 is 20.8 Å². The summed E-state index contributed by atoms with van der Waals surface area (Å²) in [5, 5.41) is 11.7. The second-order valence-corrected chi connectivity index (χ2v) is 5.63. The number of amides is 2. The number of rotatable bonds is 10. The Kier molecular flexibility index (Phi) is 9.45. The van der Waals surface area contributed by atoms with Crippen molar-refractivity contribution in [3.05, 3.63) is 0 Å². The van der Waals surface area contributed by atoms with Crippen LogP contribution >= 0.6 is 0 Å². The molecule has 0 aromatic rings. The van der Waals surface area contributed by atoms with Crippen molar-refractivity contribution in [1.82, 2.24) is 10.6 Å². The van der Waals surface area contributed by atoms with Crippen LogP contribution in [0.5, 0.6) is 0 Å². The van der Waals surface area contributed by atoms with Crippen LogP contribution in [0.15, 0.2) is 0 Å². The Morgan fingerprint density at radius 3 is 2.22 bits per heavy atom. The van der Waals surface area contributed by atoms with Crippen molar-refractivity contribution in [2.75, 3.05) is 6.54 Å². The normalized spacial score (nSPS) is 11.7. The van der Waals surface area contributed by atoms with Crippen LogP contribution in [0, 0.1) is 11.3 Å². The van der Waals surface area contributed by atoms with E-state index in [1.807, 2.05) is 0 Å². The highest BCUT2D eigenvalue weighted by Crippen LogP contribution is 2.03. The maximum absolute atomic E-state index is 11.9. The van der Waals surface area contributed by atoms with Gasteiger partial charge in [-0.15, -0.1) is 0 Å².